The summed E-state index contributed by atoms with van der Waals surface area (Å²) in [5.74, 6) is -0.518. The molecule has 2 N–H and O–H groups in total. The number of amides is 1. The number of aromatic nitrogens is 2. The van der Waals surface area contributed by atoms with Crippen molar-refractivity contribution in [3.8, 4) is 0 Å². The molecule has 1 amide bonds. The molecule has 0 aliphatic heterocycles. The van der Waals surface area contributed by atoms with Crippen LogP contribution in [-0.4, -0.2) is 48.3 Å². The van der Waals surface area contributed by atoms with E-state index in [0.29, 0.717) is 36.3 Å². The molecule has 0 radical (unpaired) electrons. The lowest BCUT2D eigenvalue weighted by Gasteiger charge is -2.15. The molecule has 1 atom stereocenters. The van der Waals surface area contributed by atoms with E-state index in [9.17, 15) is 9.59 Å². The van der Waals surface area contributed by atoms with E-state index in [2.05, 4.69) is 29.1 Å². The molecular weight excluding hydrogens is 408 g/mol. The van der Waals surface area contributed by atoms with Crippen LogP contribution < -0.4 is 10.6 Å². The number of nitrogens with one attached hydrogen (secondary N) is 2. The topological polar surface area (TPSA) is 94.5 Å². The third-order valence-electron chi connectivity index (χ3n) is 5.07. The lowest BCUT2D eigenvalue weighted by atomic mass is 10.1. The van der Waals surface area contributed by atoms with Gasteiger partial charge in [0.05, 0.1) is 31.3 Å². The number of methoxy groups -OCH3 is 2. The highest BCUT2D eigenvalue weighted by Crippen LogP contribution is 2.33. The van der Waals surface area contributed by atoms with Gasteiger partial charge in [-0.05, 0) is 38.7 Å². The fourth-order valence-electron chi connectivity index (χ4n) is 3.52. The molecule has 2 aromatic heterocycles. The minimum atomic E-state index is -0.539. The van der Waals surface area contributed by atoms with Gasteiger partial charge in [-0.15, -0.1) is 6.58 Å². The van der Waals surface area contributed by atoms with Crippen molar-refractivity contribution in [3.05, 3.63) is 30.1 Å². The first-order chi connectivity index (χ1) is 15.2. The molecular formula is C24H36N4O4. The van der Waals surface area contributed by atoms with Crippen molar-refractivity contribution >= 4 is 34.3 Å². The molecule has 0 bridgehead atoms. The lowest BCUT2D eigenvalue weighted by molar-refractivity contribution is -0.116. The number of nitrogens with zero attached hydrogens (tertiary/aromatic N) is 2. The normalized spacial score (nSPS) is 12.1. The maximum atomic E-state index is 12.7. The first-order valence-corrected chi connectivity index (χ1v) is 11.0. The quantitative estimate of drug-likeness (QED) is 0.367. The third kappa shape index (κ3) is 6.56. The van der Waals surface area contributed by atoms with E-state index in [-0.39, 0.29) is 23.6 Å². The zero-order chi connectivity index (χ0) is 23.8. The van der Waals surface area contributed by atoms with Crippen LogP contribution in [0.5, 0.6) is 0 Å². The van der Waals surface area contributed by atoms with Crippen molar-refractivity contribution in [1.82, 2.24) is 9.55 Å². The fourth-order valence-corrected chi connectivity index (χ4v) is 3.52. The van der Waals surface area contributed by atoms with Crippen molar-refractivity contribution in [2.45, 2.75) is 59.5 Å². The zero-order valence-corrected chi connectivity index (χ0v) is 20.1. The number of esters is 1. The molecule has 8 heteroatoms. The molecule has 0 aliphatic rings. The summed E-state index contributed by atoms with van der Waals surface area (Å²) in [5, 5.41) is 7.06. The number of carbonyl (C=O) groups excluding carboxylic acids is 2. The summed E-state index contributed by atoms with van der Waals surface area (Å²) in [6, 6.07) is 2.13. The summed E-state index contributed by atoms with van der Waals surface area (Å²) in [7, 11) is 2.92. The van der Waals surface area contributed by atoms with Crippen molar-refractivity contribution in [3.63, 3.8) is 0 Å². The molecule has 2 rings (SSSR count). The summed E-state index contributed by atoms with van der Waals surface area (Å²) in [6.45, 7) is 12.8. The van der Waals surface area contributed by atoms with E-state index >= 15 is 0 Å². The maximum absolute atomic E-state index is 12.7. The molecule has 0 aliphatic carbocycles. The van der Waals surface area contributed by atoms with Gasteiger partial charge in [0.25, 0.3) is 0 Å². The number of hydrogen-bond donors (Lipinski definition) is 2. The van der Waals surface area contributed by atoms with Gasteiger partial charge in [0, 0.05) is 31.5 Å². The Morgan fingerprint density at radius 3 is 2.56 bits per heavy atom. The fraction of sp³-hybridized carbons (Fsp3) is 0.542. The standard InChI is InChI=1S/C24H36N4O4/c1-15(2)8-9-17(5)26-18-13-19-21(27-20(29)12-16(3)4)22(24(30)32-7)28(10-11-31-6)23(19)25-14-18/h13-14,16-17,26H,1,8-12H2,2-7H3,(H,27,29). The Morgan fingerprint density at radius 1 is 1.25 bits per heavy atom. The van der Waals surface area contributed by atoms with Gasteiger partial charge in [0.15, 0.2) is 5.69 Å². The Labute approximate surface area is 190 Å². The molecule has 176 valence electrons. The lowest BCUT2D eigenvalue weighted by Crippen LogP contribution is -2.19. The summed E-state index contributed by atoms with van der Waals surface area (Å²) in [5.41, 5.74) is 3.21. The first-order valence-electron chi connectivity index (χ1n) is 11.0. The third-order valence-corrected chi connectivity index (χ3v) is 5.07. The predicted molar refractivity (Wildman–Crippen MR) is 128 cm³/mol. The number of hydrogen-bond acceptors (Lipinski definition) is 6. The van der Waals surface area contributed by atoms with Crippen LogP contribution >= 0.6 is 0 Å². The summed E-state index contributed by atoms with van der Waals surface area (Å²) in [6.07, 6.45) is 3.95. The summed E-state index contributed by atoms with van der Waals surface area (Å²) in [4.78, 5) is 30.0. The van der Waals surface area contributed by atoms with Crippen LogP contribution in [0.4, 0.5) is 11.4 Å². The minimum absolute atomic E-state index is 0.163. The Bertz CT molecular complexity index is 965. The SMILES string of the molecule is C=C(C)CCC(C)Nc1cnc2c(c1)c(NC(=O)CC(C)C)c(C(=O)OC)n2CCOC. The van der Waals surface area contributed by atoms with Crippen LogP contribution in [0.2, 0.25) is 0 Å². The van der Waals surface area contributed by atoms with Gasteiger partial charge >= 0.3 is 5.97 Å². The maximum Gasteiger partial charge on any atom is 0.356 e. The number of allylic oxidation sites excluding steroid dienone is 1. The average molecular weight is 445 g/mol. The molecule has 0 saturated heterocycles. The van der Waals surface area contributed by atoms with Crippen LogP contribution in [0.25, 0.3) is 11.0 Å². The highest BCUT2D eigenvalue weighted by Gasteiger charge is 2.26. The summed E-state index contributed by atoms with van der Waals surface area (Å²) >= 11 is 0. The molecule has 32 heavy (non-hydrogen) atoms. The molecule has 1 unspecified atom stereocenters. The van der Waals surface area contributed by atoms with Gasteiger partial charge in [0.2, 0.25) is 5.91 Å². The molecule has 2 heterocycles. The number of fused-ring (bicyclic) bond motifs is 1. The molecule has 0 fully saturated rings. The van der Waals surface area contributed by atoms with Crippen molar-refractivity contribution in [2.75, 3.05) is 31.5 Å². The van der Waals surface area contributed by atoms with E-state index in [1.165, 1.54) is 7.11 Å². The van der Waals surface area contributed by atoms with Crippen LogP contribution in [0.3, 0.4) is 0 Å². The smallest absolute Gasteiger partial charge is 0.356 e. The van der Waals surface area contributed by atoms with Crippen LogP contribution in [-0.2, 0) is 20.8 Å². The average Bonchev–Trinajstić information content (AvgIpc) is 3.02. The van der Waals surface area contributed by atoms with Crippen molar-refractivity contribution in [2.24, 2.45) is 5.92 Å². The van der Waals surface area contributed by atoms with Crippen LogP contribution in [0, 0.1) is 5.92 Å². The van der Waals surface area contributed by atoms with E-state index < -0.39 is 5.97 Å². The van der Waals surface area contributed by atoms with Crippen molar-refractivity contribution < 1.29 is 19.1 Å². The van der Waals surface area contributed by atoms with E-state index in [4.69, 9.17) is 9.47 Å². The van der Waals surface area contributed by atoms with Gasteiger partial charge < -0.3 is 24.7 Å². The van der Waals surface area contributed by atoms with E-state index in [1.54, 1.807) is 17.9 Å². The van der Waals surface area contributed by atoms with Gasteiger partial charge in [-0.2, -0.15) is 0 Å². The van der Waals surface area contributed by atoms with Crippen molar-refractivity contribution in [1.29, 1.82) is 0 Å². The molecule has 0 aromatic carbocycles. The number of ether oxygens (including phenoxy) is 2. The monoisotopic (exact) mass is 444 g/mol. The minimum Gasteiger partial charge on any atom is -0.464 e. The molecule has 0 spiro atoms. The first kappa shape index (κ1) is 25.4. The second kappa shape index (κ2) is 11.7. The van der Waals surface area contributed by atoms with Gasteiger partial charge in [0.1, 0.15) is 5.65 Å². The van der Waals surface area contributed by atoms with Crippen LogP contribution in [0.1, 0.15) is 57.4 Å². The highest BCUT2D eigenvalue weighted by molar-refractivity contribution is 6.11. The Hall–Kier alpha value is -2.87. The second-order valence-electron chi connectivity index (χ2n) is 8.64. The molecule has 0 saturated carbocycles. The van der Waals surface area contributed by atoms with Gasteiger partial charge in [-0.25, -0.2) is 9.78 Å². The molecule has 8 nitrogen and oxygen atoms in total. The molecule has 2 aromatic rings. The number of pyridine rings is 1. The largest absolute Gasteiger partial charge is 0.464 e. The summed E-state index contributed by atoms with van der Waals surface area (Å²) < 4.78 is 12.0. The Balaban J connectivity index is 2.54. The number of carbonyl (C=O) groups is 2. The predicted octanol–water partition coefficient (Wildman–Crippen LogP) is 4.61. The van der Waals surface area contributed by atoms with Crippen LogP contribution in [0.15, 0.2) is 24.4 Å². The number of rotatable bonds is 12. The van der Waals surface area contributed by atoms with Gasteiger partial charge in [-0.1, -0.05) is 19.4 Å². The Morgan fingerprint density at radius 2 is 1.97 bits per heavy atom. The van der Waals surface area contributed by atoms with Gasteiger partial charge in [-0.3, -0.25) is 4.79 Å². The zero-order valence-electron chi connectivity index (χ0n) is 20.1. The van der Waals surface area contributed by atoms with E-state index in [1.807, 2.05) is 26.8 Å². The number of anilines is 2. The second-order valence-corrected chi connectivity index (χ2v) is 8.64. The Kier molecular flexibility index (Phi) is 9.26. The van der Waals surface area contributed by atoms with E-state index in [0.717, 1.165) is 24.1 Å². The highest BCUT2D eigenvalue weighted by atomic mass is 16.5.